The standard InChI is InChI=1S/C13H25NO/c1-9(2)10-7-6-8-11(10)12(15)14-13(3,4)5/h9-11H,6-8H2,1-5H3,(H,14,15). The van der Waals surface area contributed by atoms with Crippen molar-refractivity contribution in [1.29, 1.82) is 0 Å². The highest BCUT2D eigenvalue weighted by molar-refractivity contribution is 5.79. The Bertz CT molecular complexity index is 227. The van der Waals surface area contributed by atoms with Gasteiger partial charge in [0.15, 0.2) is 0 Å². The van der Waals surface area contributed by atoms with Crippen molar-refractivity contribution in [2.75, 3.05) is 0 Å². The molecule has 0 aromatic carbocycles. The van der Waals surface area contributed by atoms with Crippen LogP contribution in [0, 0.1) is 17.8 Å². The molecule has 1 amide bonds. The van der Waals surface area contributed by atoms with Crippen LogP contribution in [0.1, 0.15) is 53.9 Å². The Labute approximate surface area is 93.8 Å². The fourth-order valence-corrected chi connectivity index (χ4v) is 2.57. The monoisotopic (exact) mass is 211 g/mol. The zero-order valence-electron chi connectivity index (χ0n) is 10.8. The maximum atomic E-state index is 12.1. The van der Waals surface area contributed by atoms with Crippen molar-refractivity contribution in [3.63, 3.8) is 0 Å². The first-order valence-corrected chi connectivity index (χ1v) is 6.13. The molecule has 0 aromatic heterocycles. The van der Waals surface area contributed by atoms with E-state index in [4.69, 9.17) is 0 Å². The molecule has 0 bridgehead atoms. The van der Waals surface area contributed by atoms with E-state index < -0.39 is 0 Å². The molecule has 1 N–H and O–H groups in total. The molecule has 2 atom stereocenters. The van der Waals surface area contributed by atoms with Gasteiger partial charge in [-0.25, -0.2) is 0 Å². The predicted molar refractivity (Wildman–Crippen MR) is 63.6 cm³/mol. The van der Waals surface area contributed by atoms with E-state index in [0.29, 0.717) is 11.8 Å². The van der Waals surface area contributed by atoms with E-state index in [1.54, 1.807) is 0 Å². The number of carbonyl (C=O) groups excluding carboxylic acids is 1. The molecular formula is C13H25NO. The Kier molecular flexibility index (Phi) is 3.80. The smallest absolute Gasteiger partial charge is 0.223 e. The summed E-state index contributed by atoms with van der Waals surface area (Å²) in [6.07, 6.45) is 3.51. The van der Waals surface area contributed by atoms with E-state index in [0.717, 1.165) is 6.42 Å². The van der Waals surface area contributed by atoms with Gasteiger partial charge in [-0.15, -0.1) is 0 Å². The molecule has 2 heteroatoms. The topological polar surface area (TPSA) is 29.1 Å². The quantitative estimate of drug-likeness (QED) is 0.747. The summed E-state index contributed by atoms with van der Waals surface area (Å²) in [7, 11) is 0. The van der Waals surface area contributed by atoms with Gasteiger partial charge in [0.05, 0.1) is 0 Å². The van der Waals surface area contributed by atoms with Gasteiger partial charge >= 0.3 is 0 Å². The first-order chi connectivity index (χ1) is 6.81. The van der Waals surface area contributed by atoms with Gasteiger partial charge in [-0.1, -0.05) is 20.3 Å². The molecule has 2 nitrogen and oxygen atoms in total. The molecule has 15 heavy (non-hydrogen) atoms. The third-order valence-corrected chi connectivity index (χ3v) is 3.26. The van der Waals surface area contributed by atoms with Gasteiger partial charge in [-0.05, 0) is 45.4 Å². The molecule has 1 fully saturated rings. The molecule has 0 radical (unpaired) electrons. The van der Waals surface area contributed by atoms with Gasteiger partial charge in [-0.3, -0.25) is 4.79 Å². The molecule has 0 aromatic rings. The summed E-state index contributed by atoms with van der Waals surface area (Å²) < 4.78 is 0. The maximum Gasteiger partial charge on any atom is 0.223 e. The van der Waals surface area contributed by atoms with E-state index in [-0.39, 0.29) is 17.4 Å². The number of rotatable bonds is 2. The van der Waals surface area contributed by atoms with E-state index in [2.05, 4.69) is 19.2 Å². The predicted octanol–water partition coefficient (Wildman–Crippen LogP) is 2.97. The van der Waals surface area contributed by atoms with Crippen molar-refractivity contribution in [1.82, 2.24) is 5.32 Å². The molecule has 0 heterocycles. The molecule has 0 saturated heterocycles. The lowest BCUT2D eigenvalue weighted by molar-refractivity contribution is -0.128. The average Bonchev–Trinajstić information content (AvgIpc) is 2.47. The fraction of sp³-hybridized carbons (Fsp3) is 0.923. The van der Waals surface area contributed by atoms with Crippen LogP contribution in [-0.2, 0) is 4.79 Å². The molecule has 88 valence electrons. The van der Waals surface area contributed by atoms with Crippen LogP contribution in [0.4, 0.5) is 0 Å². The van der Waals surface area contributed by atoms with Gasteiger partial charge in [0.1, 0.15) is 0 Å². The van der Waals surface area contributed by atoms with Crippen LogP contribution in [0.3, 0.4) is 0 Å². The lowest BCUT2D eigenvalue weighted by Crippen LogP contribution is -2.45. The van der Waals surface area contributed by atoms with E-state index in [9.17, 15) is 4.79 Å². The fourth-order valence-electron chi connectivity index (χ4n) is 2.57. The molecule has 2 unspecified atom stereocenters. The number of amides is 1. The van der Waals surface area contributed by atoms with Gasteiger partial charge in [0, 0.05) is 11.5 Å². The van der Waals surface area contributed by atoms with Crippen molar-refractivity contribution in [2.24, 2.45) is 17.8 Å². The van der Waals surface area contributed by atoms with Crippen molar-refractivity contribution >= 4 is 5.91 Å². The van der Waals surface area contributed by atoms with Gasteiger partial charge in [0.2, 0.25) is 5.91 Å². The lowest BCUT2D eigenvalue weighted by Gasteiger charge is -2.27. The lowest BCUT2D eigenvalue weighted by atomic mass is 9.85. The Balaban J connectivity index is 2.59. The maximum absolute atomic E-state index is 12.1. The number of nitrogens with one attached hydrogen (secondary N) is 1. The van der Waals surface area contributed by atoms with Gasteiger partial charge in [0.25, 0.3) is 0 Å². The van der Waals surface area contributed by atoms with Crippen molar-refractivity contribution < 1.29 is 4.79 Å². The second-order valence-corrected chi connectivity index (χ2v) is 6.18. The van der Waals surface area contributed by atoms with Crippen LogP contribution in [0.2, 0.25) is 0 Å². The van der Waals surface area contributed by atoms with Crippen molar-refractivity contribution in [3.05, 3.63) is 0 Å². The zero-order chi connectivity index (χ0) is 11.6. The Morgan fingerprint density at radius 1 is 1.27 bits per heavy atom. The molecule has 1 rings (SSSR count). The molecular weight excluding hydrogens is 186 g/mol. The molecule has 1 saturated carbocycles. The zero-order valence-corrected chi connectivity index (χ0v) is 10.8. The summed E-state index contributed by atoms with van der Waals surface area (Å²) in [6.45, 7) is 10.6. The summed E-state index contributed by atoms with van der Waals surface area (Å²) in [4.78, 5) is 12.1. The summed E-state index contributed by atoms with van der Waals surface area (Å²) in [6, 6.07) is 0. The van der Waals surface area contributed by atoms with Crippen LogP contribution < -0.4 is 5.32 Å². The van der Waals surface area contributed by atoms with Crippen LogP contribution in [0.5, 0.6) is 0 Å². The number of carbonyl (C=O) groups is 1. The summed E-state index contributed by atoms with van der Waals surface area (Å²) in [5, 5.41) is 3.11. The number of hydrogen-bond acceptors (Lipinski definition) is 1. The normalized spacial score (nSPS) is 27.1. The Morgan fingerprint density at radius 2 is 1.87 bits per heavy atom. The van der Waals surface area contributed by atoms with Crippen LogP contribution in [0.25, 0.3) is 0 Å². The average molecular weight is 211 g/mol. The van der Waals surface area contributed by atoms with Crippen LogP contribution >= 0.6 is 0 Å². The second kappa shape index (κ2) is 4.54. The first-order valence-electron chi connectivity index (χ1n) is 6.13. The van der Waals surface area contributed by atoms with E-state index in [1.807, 2.05) is 20.8 Å². The SMILES string of the molecule is CC(C)C1CCCC1C(=O)NC(C)(C)C. The van der Waals surface area contributed by atoms with E-state index >= 15 is 0 Å². The third-order valence-electron chi connectivity index (χ3n) is 3.26. The minimum absolute atomic E-state index is 0.0960. The third kappa shape index (κ3) is 3.51. The van der Waals surface area contributed by atoms with Crippen molar-refractivity contribution in [3.8, 4) is 0 Å². The second-order valence-electron chi connectivity index (χ2n) is 6.18. The van der Waals surface area contributed by atoms with E-state index in [1.165, 1.54) is 12.8 Å². The molecule has 0 aliphatic heterocycles. The molecule has 1 aliphatic carbocycles. The van der Waals surface area contributed by atoms with Crippen LogP contribution in [0.15, 0.2) is 0 Å². The highest BCUT2D eigenvalue weighted by Gasteiger charge is 2.35. The van der Waals surface area contributed by atoms with Crippen molar-refractivity contribution in [2.45, 2.75) is 59.4 Å². The number of hydrogen-bond donors (Lipinski definition) is 1. The Morgan fingerprint density at radius 3 is 2.33 bits per heavy atom. The minimum Gasteiger partial charge on any atom is -0.351 e. The van der Waals surface area contributed by atoms with Gasteiger partial charge in [-0.2, -0.15) is 0 Å². The highest BCUT2D eigenvalue weighted by Crippen LogP contribution is 2.37. The van der Waals surface area contributed by atoms with Crippen LogP contribution in [-0.4, -0.2) is 11.4 Å². The molecule has 1 aliphatic rings. The first kappa shape index (κ1) is 12.5. The van der Waals surface area contributed by atoms with Gasteiger partial charge < -0.3 is 5.32 Å². The summed E-state index contributed by atoms with van der Waals surface area (Å²) >= 11 is 0. The highest BCUT2D eigenvalue weighted by atomic mass is 16.2. The Hall–Kier alpha value is -0.530. The summed E-state index contributed by atoms with van der Waals surface area (Å²) in [5.74, 6) is 1.73. The minimum atomic E-state index is -0.0960. The summed E-state index contributed by atoms with van der Waals surface area (Å²) in [5.41, 5.74) is -0.0960. The molecule has 0 spiro atoms. The largest absolute Gasteiger partial charge is 0.351 e.